The maximum absolute atomic E-state index is 5.76. The van der Waals surface area contributed by atoms with Crippen molar-refractivity contribution in [2.75, 3.05) is 7.05 Å². The molecular weight excluding hydrogens is 729 g/mol. The predicted octanol–water partition coefficient (Wildman–Crippen LogP) is 14.8. The normalized spacial score (nSPS) is 10.7. The van der Waals surface area contributed by atoms with Crippen LogP contribution in [0.1, 0.15) is 50.8 Å². The Hall–Kier alpha value is -6.30. The molecule has 1 atom stereocenters. The Morgan fingerprint density at radius 2 is 1.08 bits per heavy atom. The van der Waals surface area contributed by atoms with E-state index in [1.165, 1.54) is 49.6 Å². The third-order valence-corrected chi connectivity index (χ3v) is 8.27. The molecule has 0 aliphatic heterocycles. The number of nitrogens with one attached hydrogen (secondary N) is 3. The third-order valence-electron chi connectivity index (χ3n) is 8.27. The molecule has 7 aromatic rings. The molecule has 7 rings (SSSR count). The van der Waals surface area contributed by atoms with E-state index in [2.05, 4.69) is 166 Å². The molecule has 4 heteroatoms. The third kappa shape index (κ3) is 22.0. The van der Waals surface area contributed by atoms with E-state index in [0.717, 1.165) is 12.0 Å². The monoisotopic (exact) mass is 799 g/mol. The number of aromatic nitrogens is 1. The number of hydrogen-bond acceptors (Lipinski definition) is 3. The number of allylic oxidation sites excluding steroid dienone is 6. The van der Waals surface area contributed by atoms with Crippen molar-refractivity contribution in [2.45, 2.75) is 61.1 Å². The van der Waals surface area contributed by atoms with Gasteiger partial charge < -0.3 is 10.7 Å². The maximum atomic E-state index is 5.76. The minimum atomic E-state index is -0.204. The van der Waals surface area contributed by atoms with Gasteiger partial charge in [-0.05, 0) is 70.0 Å². The first kappa shape index (κ1) is 51.7. The van der Waals surface area contributed by atoms with Crippen LogP contribution < -0.4 is 16.6 Å². The van der Waals surface area contributed by atoms with Crippen LogP contribution in [0.15, 0.2) is 225 Å². The van der Waals surface area contributed by atoms with Gasteiger partial charge in [-0.1, -0.05) is 245 Å². The molecule has 0 radical (unpaired) electrons. The number of aryl methyl sites for hydroxylation is 3. The van der Waals surface area contributed by atoms with Crippen LogP contribution in [0.2, 0.25) is 0 Å². The molecule has 0 aliphatic carbocycles. The van der Waals surface area contributed by atoms with Crippen molar-refractivity contribution in [1.29, 1.82) is 0 Å². The SMILES string of the molecule is C=C/C=C(\C=C/C)C(N)NNC.C=C/C=C\CC.CC.Cc1ccccc1.Cc1ccccc1.Cc1ccccc1.c1ccc(-c2ccc3c(c2)[nH]c2ccccc23)cc1. The van der Waals surface area contributed by atoms with Crippen LogP contribution in [0, 0.1) is 20.8 Å². The maximum Gasteiger partial charge on any atom is 0.0938 e. The number of fused-ring (bicyclic) bond motifs is 3. The van der Waals surface area contributed by atoms with Gasteiger partial charge in [0.1, 0.15) is 0 Å². The van der Waals surface area contributed by atoms with Gasteiger partial charge in [0.2, 0.25) is 0 Å². The van der Waals surface area contributed by atoms with Gasteiger partial charge in [0, 0.05) is 21.8 Å². The first-order valence-electron chi connectivity index (χ1n) is 20.8. The summed E-state index contributed by atoms with van der Waals surface area (Å²) in [6.45, 7) is 21.4. The predicted molar refractivity (Wildman–Crippen MR) is 269 cm³/mol. The van der Waals surface area contributed by atoms with Crippen LogP contribution in [-0.4, -0.2) is 18.2 Å². The quantitative estimate of drug-likeness (QED) is 0.0703. The van der Waals surface area contributed by atoms with E-state index in [0.29, 0.717) is 0 Å². The summed E-state index contributed by atoms with van der Waals surface area (Å²) in [5.74, 6) is 0. The number of hydrazine groups is 1. The Morgan fingerprint density at radius 1 is 0.617 bits per heavy atom. The van der Waals surface area contributed by atoms with Crippen LogP contribution in [0.5, 0.6) is 0 Å². The zero-order valence-electron chi connectivity index (χ0n) is 37.4. The van der Waals surface area contributed by atoms with Gasteiger partial charge >= 0.3 is 0 Å². The number of aromatic amines is 1. The standard InChI is InChI=1S/C18H13N.C9H17N3.3C7H8.C6H10.C2H6/c1-2-6-13(7-3-1)14-10-11-16-15-8-4-5-9-17(15)19-18(16)12-14;1-4-6-8(7-5-2)9(10)12-11-3;3*1-7-5-3-2-4-6-7;1-3-5-6-4-2;1-2/h1-12,19H;4-7,9,11-12H,1,10H2,2-3H3;3*2-6H,1H3;3,5-6H,1,4H2,2H3;1-2H3/b;7-5-,8-6+;;;;6-5-;. The molecule has 0 fully saturated rings. The summed E-state index contributed by atoms with van der Waals surface area (Å²) < 4.78 is 0. The molecule has 5 N–H and O–H groups in total. The van der Waals surface area contributed by atoms with E-state index in [-0.39, 0.29) is 6.17 Å². The lowest BCUT2D eigenvalue weighted by Gasteiger charge is -2.13. The second-order valence-electron chi connectivity index (χ2n) is 13.1. The van der Waals surface area contributed by atoms with Crippen LogP contribution in [-0.2, 0) is 0 Å². The average molecular weight is 799 g/mol. The molecule has 0 spiro atoms. The van der Waals surface area contributed by atoms with E-state index in [9.17, 15) is 0 Å². The summed E-state index contributed by atoms with van der Waals surface area (Å²) in [6, 6.07) is 56.3. The van der Waals surface area contributed by atoms with Gasteiger partial charge in [-0.3, -0.25) is 5.43 Å². The highest BCUT2D eigenvalue weighted by molar-refractivity contribution is 6.08. The summed E-state index contributed by atoms with van der Waals surface area (Å²) in [4.78, 5) is 3.49. The van der Waals surface area contributed by atoms with E-state index in [1.807, 2.05) is 106 Å². The second-order valence-corrected chi connectivity index (χ2v) is 13.1. The van der Waals surface area contributed by atoms with Gasteiger partial charge in [-0.25, -0.2) is 5.43 Å². The molecule has 314 valence electrons. The van der Waals surface area contributed by atoms with Crippen molar-refractivity contribution >= 4 is 21.8 Å². The smallest absolute Gasteiger partial charge is 0.0938 e. The molecule has 60 heavy (non-hydrogen) atoms. The number of para-hydroxylation sites is 1. The molecule has 0 amide bonds. The lowest BCUT2D eigenvalue weighted by molar-refractivity contribution is 0.524. The summed E-state index contributed by atoms with van der Waals surface area (Å²) in [5, 5.41) is 2.58. The average Bonchev–Trinajstić information content (AvgIpc) is 3.67. The highest BCUT2D eigenvalue weighted by Gasteiger charge is 2.05. The van der Waals surface area contributed by atoms with Crippen molar-refractivity contribution in [3.05, 3.63) is 242 Å². The highest BCUT2D eigenvalue weighted by Crippen LogP contribution is 2.29. The lowest BCUT2D eigenvalue weighted by Crippen LogP contribution is -2.45. The van der Waals surface area contributed by atoms with E-state index >= 15 is 0 Å². The fourth-order valence-corrected chi connectivity index (χ4v) is 5.33. The topological polar surface area (TPSA) is 65.9 Å². The number of H-pyrrole nitrogens is 1. The summed E-state index contributed by atoms with van der Waals surface area (Å²) >= 11 is 0. The van der Waals surface area contributed by atoms with Crippen LogP contribution in [0.4, 0.5) is 0 Å². The Bertz CT molecular complexity index is 2110. The van der Waals surface area contributed by atoms with Crippen LogP contribution in [0.25, 0.3) is 32.9 Å². The summed E-state index contributed by atoms with van der Waals surface area (Å²) in [7, 11) is 1.78. The molecule has 4 nitrogen and oxygen atoms in total. The number of hydrogen-bond donors (Lipinski definition) is 4. The molecule has 1 unspecified atom stereocenters. The summed E-state index contributed by atoms with van der Waals surface area (Å²) in [5.41, 5.74) is 21.3. The lowest BCUT2D eigenvalue weighted by atomic mass is 10.0. The molecule has 0 saturated heterocycles. The van der Waals surface area contributed by atoms with Crippen molar-refractivity contribution in [2.24, 2.45) is 5.73 Å². The fraction of sp³-hybridized carbons (Fsp3) is 0.179. The Balaban J connectivity index is 0.000000382. The first-order chi connectivity index (χ1) is 29.3. The van der Waals surface area contributed by atoms with Crippen LogP contribution >= 0.6 is 0 Å². The Labute approximate surface area is 363 Å². The van der Waals surface area contributed by atoms with Gasteiger partial charge in [0.25, 0.3) is 0 Å². The van der Waals surface area contributed by atoms with Crippen molar-refractivity contribution in [3.8, 4) is 11.1 Å². The molecule has 0 bridgehead atoms. The molecule has 1 aromatic heterocycles. The largest absolute Gasteiger partial charge is 0.354 e. The van der Waals surface area contributed by atoms with Crippen LogP contribution in [0.3, 0.4) is 0 Å². The minimum absolute atomic E-state index is 0.204. The van der Waals surface area contributed by atoms with Gasteiger partial charge in [0.05, 0.1) is 6.17 Å². The Kier molecular flexibility index (Phi) is 29.0. The first-order valence-corrected chi connectivity index (χ1v) is 20.8. The second kappa shape index (κ2) is 33.6. The zero-order chi connectivity index (χ0) is 44.2. The van der Waals surface area contributed by atoms with E-state index < -0.39 is 0 Å². The molecule has 0 aliphatic rings. The molecule has 0 saturated carbocycles. The minimum Gasteiger partial charge on any atom is -0.354 e. The summed E-state index contributed by atoms with van der Waals surface area (Å²) in [6.07, 6.45) is 14.2. The number of benzene rings is 6. The van der Waals surface area contributed by atoms with Gasteiger partial charge in [0.15, 0.2) is 0 Å². The van der Waals surface area contributed by atoms with Crippen molar-refractivity contribution in [1.82, 2.24) is 15.8 Å². The molecular formula is C56H70N4. The fourth-order valence-electron chi connectivity index (χ4n) is 5.33. The molecule has 6 aromatic carbocycles. The van der Waals surface area contributed by atoms with Gasteiger partial charge in [-0.2, -0.15) is 0 Å². The molecule has 1 heterocycles. The highest BCUT2D eigenvalue weighted by atomic mass is 15.4. The van der Waals surface area contributed by atoms with Crippen molar-refractivity contribution in [3.63, 3.8) is 0 Å². The van der Waals surface area contributed by atoms with E-state index in [1.54, 1.807) is 19.2 Å². The van der Waals surface area contributed by atoms with Gasteiger partial charge in [-0.15, -0.1) is 0 Å². The van der Waals surface area contributed by atoms with E-state index in [4.69, 9.17) is 5.73 Å². The number of rotatable bonds is 8. The van der Waals surface area contributed by atoms with Crippen molar-refractivity contribution < 1.29 is 0 Å². The zero-order valence-corrected chi connectivity index (χ0v) is 37.4. The number of nitrogens with two attached hydrogens (primary N) is 1. The Morgan fingerprint density at radius 3 is 1.48 bits per heavy atom.